The second kappa shape index (κ2) is 6.03. The van der Waals surface area contributed by atoms with Gasteiger partial charge < -0.3 is 15.2 Å². The van der Waals surface area contributed by atoms with Crippen LogP contribution < -0.4 is 5.32 Å². The first-order chi connectivity index (χ1) is 9.35. The third kappa shape index (κ3) is 3.16. The smallest absolute Gasteiger partial charge is 0.0925 e. The van der Waals surface area contributed by atoms with E-state index in [1.807, 2.05) is 6.33 Å². The minimum Gasteiger partial charge on any atom is -0.347 e. The second-order valence-corrected chi connectivity index (χ2v) is 5.75. The third-order valence-corrected chi connectivity index (χ3v) is 4.30. The van der Waals surface area contributed by atoms with Crippen molar-refractivity contribution in [3.05, 3.63) is 17.7 Å². The van der Waals surface area contributed by atoms with Gasteiger partial charge in [0.1, 0.15) is 0 Å². The monoisotopic (exact) mass is 263 g/mol. The highest BCUT2D eigenvalue weighted by Crippen LogP contribution is 2.13. The van der Waals surface area contributed by atoms with Crippen LogP contribution in [0.4, 0.5) is 0 Å². The predicted octanol–water partition coefficient (Wildman–Crippen LogP) is 0.452. The first-order valence-electron chi connectivity index (χ1n) is 7.54. The Balaban J connectivity index is 1.46. The third-order valence-electron chi connectivity index (χ3n) is 4.30. The van der Waals surface area contributed by atoms with Gasteiger partial charge in [0.2, 0.25) is 0 Å². The molecule has 0 bridgehead atoms. The summed E-state index contributed by atoms with van der Waals surface area (Å²) in [6.45, 7) is 10.5. The van der Waals surface area contributed by atoms with Gasteiger partial charge in [-0.15, -0.1) is 0 Å². The lowest BCUT2D eigenvalue weighted by Gasteiger charge is -2.37. The number of fused-ring (bicyclic) bond motifs is 1. The minimum absolute atomic E-state index is 0.563. The molecule has 3 heterocycles. The molecular formula is C14H25N5. The van der Waals surface area contributed by atoms with E-state index in [0.717, 1.165) is 19.5 Å². The Kier molecular flexibility index (Phi) is 4.15. The molecule has 1 fully saturated rings. The molecule has 0 radical (unpaired) electrons. The SMILES string of the molecule is CCCN1CCN(CC2Cc3nc[nH]c3CN2)CC1. The highest BCUT2D eigenvalue weighted by molar-refractivity contribution is 5.16. The fraction of sp³-hybridized carbons (Fsp3) is 0.786. The van der Waals surface area contributed by atoms with Crippen molar-refractivity contribution < 1.29 is 0 Å². The molecule has 1 unspecified atom stereocenters. The molecule has 1 aromatic heterocycles. The number of aromatic nitrogens is 2. The van der Waals surface area contributed by atoms with Crippen molar-refractivity contribution in [1.82, 2.24) is 25.1 Å². The standard InChI is InChI=1S/C14H25N5/c1-2-3-18-4-6-19(7-5-18)10-12-8-13-14(9-15-12)17-11-16-13/h11-12,15H,2-10H2,1H3,(H,16,17). The molecule has 0 aromatic carbocycles. The molecule has 0 amide bonds. The largest absolute Gasteiger partial charge is 0.347 e. The van der Waals surface area contributed by atoms with Crippen LogP contribution in [0, 0.1) is 0 Å². The number of H-pyrrole nitrogens is 1. The van der Waals surface area contributed by atoms with Crippen LogP contribution >= 0.6 is 0 Å². The van der Waals surface area contributed by atoms with Crippen LogP contribution in [0.2, 0.25) is 0 Å². The van der Waals surface area contributed by atoms with Gasteiger partial charge in [-0.2, -0.15) is 0 Å². The maximum absolute atomic E-state index is 4.41. The van der Waals surface area contributed by atoms with Gasteiger partial charge in [-0.1, -0.05) is 6.92 Å². The molecule has 5 heteroatoms. The van der Waals surface area contributed by atoms with Gasteiger partial charge in [-0.3, -0.25) is 4.90 Å². The van der Waals surface area contributed by atoms with Crippen LogP contribution in [0.25, 0.3) is 0 Å². The highest BCUT2D eigenvalue weighted by Gasteiger charge is 2.24. The van der Waals surface area contributed by atoms with E-state index in [4.69, 9.17) is 0 Å². The Morgan fingerprint density at radius 1 is 1.26 bits per heavy atom. The van der Waals surface area contributed by atoms with Crippen LogP contribution in [0.15, 0.2) is 6.33 Å². The Bertz CT molecular complexity index is 394. The van der Waals surface area contributed by atoms with Crippen LogP contribution in [-0.2, 0) is 13.0 Å². The zero-order chi connectivity index (χ0) is 13.1. The van der Waals surface area contributed by atoms with E-state index in [9.17, 15) is 0 Å². The maximum Gasteiger partial charge on any atom is 0.0925 e. The van der Waals surface area contributed by atoms with Crippen molar-refractivity contribution in [3.8, 4) is 0 Å². The molecule has 0 saturated carbocycles. The van der Waals surface area contributed by atoms with Gasteiger partial charge in [0.25, 0.3) is 0 Å². The molecule has 1 saturated heterocycles. The number of hydrogen-bond donors (Lipinski definition) is 2. The molecule has 3 rings (SSSR count). The number of nitrogens with zero attached hydrogens (tertiary/aromatic N) is 3. The average Bonchev–Trinajstić information content (AvgIpc) is 2.89. The zero-order valence-electron chi connectivity index (χ0n) is 11.9. The van der Waals surface area contributed by atoms with Crippen molar-refractivity contribution in [3.63, 3.8) is 0 Å². The van der Waals surface area contributed by atoms with Crippen molar-refractivity contribution in [1.29, 1.82) is 0 Å². The van der Waals surface area contributed by atoms with E-state index in [1.165, 1.54) is 50.5 Å². The van der Waals surface area contributed by atoms with Gasteiger partial charge in [0, 0.05) is 51.7 Å². The lowest BCUT2D eigenvalue weighted by atomic mass is 10.0. The van der Waals surface area contributed by atoms with Gasteiger partial charge in [0.15, 0.2) is 0 Å². The number of hydrogen-bond acceptors (Lipinski definition) is 4. The first kappa shape index (κ1) is 13.1. The predicted molar refractivity (Wildman–Crippen MR) is 76.1 cm³/mol. The lowest BCUT2D eigenvalue weighted by molar-refractivity contribution is 0.121. The molecule has 2 aliphatic rings. The van der Waals surface area contributed by atoms with E-state index < -0.39 is 0 Å². The lowest BCUT2D eigenvalue weighted by Crippen LogP contribution is -2.52. The Morgan fingerprint density at radius 2 is 2.05 bits per heavy atom. The number of nitrogens with one attached hydrogen (secondary N) is 2. The van der Waals surface area contributed by atoms with E-state index in [0.29, 0.717) is 6.04 Å². The summed E-state index contributed by atoms with van der Waals surface area (Å²) in [7, 11) is 0. The van der Waals surface area contributed by atoms with Crippen molar-refractivity contribution >= 4 is 0 Å². The Labute approximate surface area is 115 Å². The molecule has 1 atom stereocenters. The van der Waals surface area contributed by atoms with E-state index in [2.05, 4.69) is 32.0 Å². The molecule has 106 valence electrons. The molecule has 0 aliphatic carbocycles. The summed E-state index contributed by atoms with van der Waals surface area (Å²) in [5.41, 5.74) is 2.53. The molecule has 0 spiro atoms. The topological polar surface area (TPSA) is 47.2 Å². The number of rotatable bonds is 4. The average molecular weight is 263 g/mol. The highest BCUT2D eigenvalue weighted by atomic mass is 15.3. The molecular weight excluding hydrogens is 238 g/mol. The fourth-order valence-electron chi connectivity index (χ4n) is 3.18. The van der Waals surface area contributed by atoms with Gasteiger partial charge in [-0.25, -0.2) is 4.98 Å². The van der Waals surface area contributed by atoms with Crippen molar-refractivity contribution in [2.24, 2.45) is 0 Å². The Hall–Kier alpha value is -0.910. The van der Waals surface area contributed by atoms with Gasteiger partial charge in [-0.05, 0) is 13.0 Å². The quantitative estimate of drug-likeness (QED) is 0.828. The first-order valence-corrected chi connectivity index (χ1v) is 7.54. The van der Waals surface area contributed by atoms with Crippen LogP contribution in [-0.4, -0.2) is 65.1 Å². The Morgan fingerprint density at radius 3 is 2.84 bits per heavy atom. The van der Waals surface area contributed by atoms with Crippen LogP contribution in [0.5, 0.6) is 0 Å². The summed E-state index contributed by atoms with van der Waals surface area (Å²) >= 11 is 0. The fourth-order valence-corrected chi connectivity index (χ4v) is 3.18. The number of aromatic amines is 1. The van der Waals surface area contributed by atoms with E-state index in [1.54, 1.807) is 0 Å². The van der Waals surface area contributed by atoms with Crippen molar-refractivity contribution in [2.75, 3.05) is 39.3 Å². The van der Waals surface area contributed by atoms with Crippen LogP contribution in [0.3, 0.4) is 0 Å². The summed E-state index contributed by atoms with van der Waals surface area (Å²) in [4.78, 5) is 12.8. The molecule has 19 heavy (non-hydrogen) atoms. The minimum atomic E-state index is 0.563. The molecule has 5 nitrogen and oxygen atoms in total. The maximum atomic E-state index is 4.41. The summed E-state index contributed by atoms with van der Waals surface area (Å²) < 4.78 is 0. The van der Waals surface area contributed by atoms with E-state index in [-0.39, 0.29) is 0 Å². The molecule has 1 aromatic rings. The normalized spacial score (nSPS) is 25.4. The van der Waals surface area contributed by atoms with Crippen LogP contribution in [0.1, 0.15) is 24.7 Å². The molecule has 2 N–H and O–H groups in total. The summed E-state index contributed by atoms with van der Waals surface area (Å²) in [6.07, 6.45) is 4.15. The molecule has 2 aliphatic heterocycles. The number of imidazole rings is 1. The summed E-state index contributed by atoms with van der Waals surface area (Å²) in [5, 5.41) is 3.62. The van der Waals surface area contributed by atoms with Gasteiger partial charge in [0.05, 0.1) is 17.7 Å². The zero-order valence-corrected chi connectivity index (χ0v) is 11.9. The van der Waals surface area contributed by atoms with Crippen molar-refractivity contribution in [2.45, 2.75) is 32.4 Å². The van der Waals surface area contributed by atoms with E-state index >= 15 is 0 Å². The second-order valence-electron chi connectivity index (χ2n) is 5.75. The van der Waals surface area contributed by atoms with Gasteiger partial charge >= 0.3 is 0 Å². The number of piperazine rings is 1. The summed E-state index contributed by atoms with van der Waals surface area (Å²) in [6, 6.07) is 0.563. The summed E-state index contributed by atoms with van der Waals surface area (Å²) in [5.74, 6) is 0.